The molecule has 0 fully saturated rings. The predicted octanol–water partition coefficient (Wildman–Crippen LogP) is 12.9. The molecule has 0 spiro atoms. The lowest BCUT2D eigenvalue weighted by molar-refractivity contribution is 0.0598. The summed E-state index contributed by atoms with van der Waals surface area (Å²) in [4.78, 5) is 91.4. The Balaban J connectivity index is 1.00. The van der Waals surface area contributed by atoms with Crippen LogP contribution in [0.1, 0.15) is 58.4 Å². The van der Waals surface area contributed by atoms with Gasteiger partial charge in [-0.1, -0.05) is 71.7 Å². The van der Waals surface area contributed by atoms with Gasteiger partial charge < -0.3 is 50.9 Å². The van der Waals surface area contributed by atoms with Crippen molar-refractivity contribution in [1.82, 2.24) is 15.0 Å². The number of fused-ring (bicyclic) bond motifs is 6. The zero-order valence-electron chi connectivity index (χ0n) is 44.0. The van der Waals surface area contributed by atoms with Crippen LogP contribution in [0.3, 0.4) is 0 Å². The van der Waals surface area contributed by atoms with Crippen molar-refractivity contribution < 1.29 is 48.8 Å². The molecule has 0 bridgehead atoms. The van der Waals surface area contributed by atoms with Gasteiger partial charge in [0.2, 0.25) is 5.43 Å². The van der Waals surface area contributed by atoms with E-state index in [0.29, 0.717) is 94.2 Å². The van der Waals surface area contributed by atoms with Crippen LogP contribution in [0.4, 0.5) is 17.1 Å². The first-order valence-electron chi connectivity index (χ1n) is 25.7. The third kappa shape index (κ3) is 9.20. The Labute approximate surface area is 483 Å². The normalized spacial score (nSPS) is 11.5. The molecule has 4 heterocycles. The standard InChI is InChI=1S/C64H42Cl2N6O12/c1-28-10-12-32-30(14-18-48(59(32)70-28)69-27-43-51(73)19-15-34-55(31-7-3-4-8-33(31)61(76)77)40-22-44(65)52(74)24-50(40)72-58(34)43)36-20-38(62(78)79)37(21-39(36)64(82)83-2)56-35-13-16-46(67)42(60(35)84-54-25-53(75)45(66)23-41(54)56)26-68-47-9-5-6-29-11-17-49(63(80)81)71-57(29)47/h3-25,68-69,72-73H,26-27,67H2,1-2H3,(H,76,77)(H,78,79)(H,80,81). The lowest BCUT2D eigenvalue weighted by atomic mass is 9.85. The summed E-state index contributed by atoms with van der Waals surface area (Å²) in [7, 11) is 1.19. The minimum absolute atomic E-state index is 0.00152. The van der Waals surface area contributed by atoms with E-state index < -0.39 is 34.7 Å². The van der Waals surface area contributed by atoms with Gasteiger partial charge in [0.25, 0.3) is 0 Å². The molecule has 18 nitrogen and oxygen atoms in total. The van der Waals surface area contributed by atoms with E-state index in [1.807, 2.05) is 0 Å². The van der Waals surface area contributed by atoms with Gasteiger partial charge in [-0.05, 0) is 108 Å². The average molecular weight is 1160 g/mol. The second-order valence-corrected chi connectivity index (χ2v) is 20.6. The van der Waals surface area contributed by atoms with Crippen LogP contribution in [-0.2, 0) is 17.8 Å². The first-order chi connectivity index (χ1) is 40.4. The second-order valence-electron chi connectivity index (χ2n) is 19.8. The number of methoxy groups -OCH3 is 1. The number of aromatic nitrogens is 3. The molecule has 0 saturated heterocycles. The number of aromatic hydroxyl groups is 1. The first kappa shape index (κ1) is 53.8. The summed E-state index contributed by atoms with van der Waals surface area (Å²) in [6.07, 6.45) is 0. The highest BCUT2D eigenvalue weighted by molar-refractivity contribution is 6.31. The number of nitrogens with two attached hydrogens (primary N) is 1. The number of carbonyl (C=O) groups excluding carboxylic acids is 1. The molecule has 414 valence electrons. The van der Waals surface area contributed by atoms with E-state index in [1.165, 1.54) is 61.7 Å². The number of benzene rings is 8. The van der Waals surface area contributed by atoms with E-state index in [0.717, 1.165) is 0 Å². The van der Waals surface area contributed by atoms with Gasteiger partial charge in [0.15, 0.2) is 5.43 Å². The molecule has 0 amide bonds. The first-order valence-corrected chi connectivity index (χ1v) is 26.5. The highest BCUT2D eigenvalue weighted by Gasteiger charge is 2.30. The number of ether oxygens (including phenoxy) is 1. The summed E-state index contributed by atoms with van der Waals surface area (Å²) in [5.41, 5.74) is 11.5. The summed E-state index contributed by atoms with van der Waals surface area (Å²) in [6, 6.07) is 36.1. The molecule has 9 N–H and O–H groups in total. The second kappa shape index (κ2) is 20.9. The van der Waals surface area contributed by atoms with E-state index in [-0.39, 0.29) is 90.6 Å². The number of anilines is 3. The van der Waals surface area contributed by atoms with Crippen molar-refractivity contribution in [1.29, 1.82) is 0 Å². The molecule has 2 aliphatic carbocycles. The van der Waals surface area contributed by atoms with Crippen molar-refractivity contribution in [2.75, 3.05) is 23.5 Å². The third-order valence-electron chi connectivity index (χ3n) is 14.9. The molecule has 4 aliphatic rings. The fourth-order valence-electron chi connectivity index (χ4n) is 10.9. The number of carboxylic acid groups (broad SMARTS) is 3. The van der Waals surface area contributed by atoms with E-state index in [1.54, 1.807) is 91.9 Å². The Kier molecular flexibility index (Phi) is 13.4. The maximum atomic E-state index is 14.3. The van der Waals surface area contributed by atoms with E-state index in [2.05, 4.69) is 20.6 Å². The van der Waals surface area contributed by atoms with Crippen molar-refractivity contribution in [2.45, 2.75) is 20.0 Å². The monoisotopic (exact) mass is 1160 g/mol. The number of H-pyrrole nitrogens is 1. The number of carbonyl (C=O) groups is 4. The summed E-state index contributed by atoms with van der Waals surface area (Å²) in [5.74, 6) is -4.73. The Morgan fingerprint density at radius 3 is 2.04 bits per heavy atom. The molecule has 0 atom stereocenters. The summed E-state index contributed by atoms with van der Waals surface area (Å²) >= 11 is 12.9. The number of pyridine rings is 3. The number of nitrogen functional groups attached to an aromatic ring is 1. The zero-order valence-corrected chi connectivity index (χ0v) is 45.5. The fraction of sp³-hybridized carbons (Fsp3) is 0.0625. The molecule has 8 aromatic rings. The zero-order chi connectivity index (χ0) is 59.0. The number of esters is 1. The molecular formula is C64H42Cl2N6O12. The van der Waals surface area contributed by atoms with Gasteiger partial charge >= 0.3 is 23.9 Å². The van der Waals surface area contributed by atoms with Crippen LogP contribution in [0.2, 0.25) is 10.0 Å². The van der Waals surface area contributed by atoms with Gasteiger partial charge in [0.05, 0.1) is 67.5 Å². The van der Waals surface area contributed by atoms with Gasteiger partial charge in [-0.15, -0.1) is 0 Å². The quantitative estimate of drug-likeness (QED) is 0.0302. The number of aromatic carboxylic acids is 3. The summed E-state index contributed by atoms with van der Waals surface area (Å²) < 4.78 is 11.9. The molecule has 12 rings (SSSR count). The van der Waals surface area contributed by atoms with Crippen LogP contribution in [0.25, 0.3) is 99.6 Å². The molecule has 20 heteroatoms. The van der Waals surface area contributed by atoms with Crippen LogP contribution < -0.4 is 27.2 Å². The molecular weight excluding hydrogens is 1120 g/mol. The lowest BCUT2D eigenvalue weighted by Crippen LogP contribution is -2.11. The molecule has 0 saturated carbocycles. The predicted molar refractivity (Wildman–Crippen MR) is 321 cm³/mol. The number of carboxylic acids is 3. The molecule has 0 radical (unpaired) electrons. The number of nitrogens with one attached hydrogen (secondary N) is 3. The van der Waals surface area contributed by atoms with Crippen molar-refractivity contribution in [3.8, 4) is 61.7 Å². The maximum Gasteiger partial charge on any atom is 0.354 e. The number of phenolic OH excluding ortho intramolecular Hbond substituents is 1. The van der Waals surface area contributed by atoms with Gasteiger partial charge in [0, 0.05) is 91.5 Å². The minimum atomic E-state index is -1.39. The topological polar surface area (TPSA) is 297 Å². The Hall–Kier alpha value is -10.8. The number of hydrogen-bond acceptors (Lipinski definition) is 14. The van der Waals surface area contributed by atoms with Gasteiger partial charge in [-0.2, -0.15) is 0 Å². The number of para-hydroxylation sites is 1. The van der Waals surface area contributed by atoms with E-state index in [9.17, 15) is 49.2 Å². The van der Waals surface area contributed by atoms with Crippen LogP contribution in [0, 0.1) is 6.92 Å². The SMILES string of the molecule is COC(=O)c1cc(-c2c3cc(Cl)c(=O)cc-3oc3c(CNc4cccc5ccc(C(=O)O)nc45)c(N)ccc23)c(C(=O)O)cc1-c1ccc(NCc2c(O)ccc3c(-c4ccccc4C(=O)O)c4cc(Cl)c(=O)cc-4[nH]c23)c2nc(C)ccc12. The summed E-state index contributed by atoms with van der Waals surface area (Å²) in [5, 5.41) is 51.3. The van der Waals surface area contributed by atoms with Crippen LogP contribution in [0.15, 0.2) is 154 Å². The van der Waals surface area contributed by atoms with Gasteiger partial charge in [-0.25, -0.2) is 24.2 Å². The Morgan fingerprint density at radius 1 is 0.607 bits per heavy atom. The smallest absolute Gasteiger partial charge is 0.354 e. The van der Waals surface area contributed by atoms with Crippen molar-refractivity contribution in [2.24, 2.45) is 0 Å². The average Bonchev–Trinajstić information content (AvgIpc) is 1.16. The minimum Gasteiger partial charge on any atom is -0.508 e. The van der Waals surface area contributed by atoms with E-state index >= 15 is 0 Å². The summed E-state index contributed by atoms with van der Waals surface area (Å²) in [6.45, 7) is 1.70. The third-order valence-corrected chi connectivity index (χ3v) is 15.5. The number of rotatable bonds is 13. The van der Waals surface area contributed by atoms with Crippen LogP contribution in [0.5, 0.6) is 5.75 Å². The maximum absolute atomic E-state index is 14.3. The number of aromatic amines is 1. The van der Waals surface area contributed by atoms with Gasteiger partial charge in [0.1, 0.15) is 22.8 Å². The number of hydrogen-bond donors (Lipinski definition) is 8. The number of phenols is 1. The lowest BCUT2D eigenvalue weighted by Gasteiger charge is -2.22. The van der Waals surface area contributed by atoms with E-state index in [4.69, 9.17) is 43.1 Å². The van der Waals surface area contributed by atoms with Crippen LogP contribution in [-0.4, -0.2) is 66.4 Å². The van der Waals surface area contributed by atoms with Crippen molar-refractivity contribution in [3.63, 3.8) is 0 Å². The van der Waals surface area contributed by atoms with Crippen molar-refractivity contribution in [3.05, 3.63) is 209 Å². The van der Waals surface area contributed by atoms with Crippen LogP contribution >= 0.6 is 23.2 Å². The Morgan fingerprint density at radius 2 is 1.29 bits per heavy atom. The number of nitrogens with zero attached hydrogens (tertiary/aromatic N) is 2. The van der Waals surface area contributed by atoms with Gasteiger partial charge in [-0.3, -0.25) is 14.6 Å². The molecule has 6 aromatic carbocycles. The highest BCUT2D eigenvalue weighted by Crippen LogP contribution is 2.48. The number of aryl methyl sites for hydroxylation is 1. The molecule has 84 heavy (non-hydrogen) atoms. The Bertz CT molecular complexity index is 4920. The number of halogens is 2. The molecule has 2 aromatic heterocycles. The molecule has 0 unspecified atom stereocenters. The molecule has 2 aliphatic heterocycles. The fourth-order valence-corrected chi connectivity index (χ4v) is 11.3. The highest BCUT2D eigenvalue weighted by atomic mass is 35.5. The van der Waals surface area contributed by atoms with Crippen molar-refractivity contribution >= 4 is 108 Å². The largest absolute Gasteiger partial charge is 0.508 e.